The van der Waals surface area contributed by atoms with E-state index in [-0.39, 0.29) is 29.9 Å². The second-order valence-corrected chi connectivity index (χ2v) is 5.14. The van der Waals surface area contributed by atoms with Crippen molar-refractivity contribution in [2.24, 2.45) is 0 Å². The van der Waals surface area contributed by atoms with Crippen molar-refractivity contribution in [3.05, 3.63) is 42.0 Å². The van der Waals surface area contributed by atoms with Gasteiger partial charge in [-0.3, -0.25) is 4.79 Å². The van der Waals surface area contributed by atoms with E-state index in [1.807, 2.05) is 26.0 Å². The summed E-state index contributed by atoms with van der Waals surface area (Å²) in [6.45, 7) is 3.45. The molecule has 2 rings (SSSR count). The number of esters is 1. The van der Waals surface area contributed by atoms with E-state index >= 15 is 0 Å². The maximum absolute atomic E-state index is 12.0. The summed E-state index contributed by atoms with van der Waals surface area (Å²) >= 11 is 0. The fourth-order valence-electron chi connectivity index (χ4n) is 2.05. The summed E-state index contributed by atoms with van der Waals surface area (Å²) in [6.07, 6.45) is 0.797. The second-order valence-electron chi connectivity index (χ2n) is 5.14. The Kier molecular flexibility index (Phi) is 4.99. The molecule has 0 aromatic heterocycles. The van der Waals surface area contributed by atoms with Gasteiger partial charge in [-0.2, -0.15) is 0 Å². The van der Waals surface area contributed by atoms with Gasteiger partial charge in [-0.15, -0.1) is 0 Å². The number of ether oxygens (including phenoxy) is 1. The Morgan fingerprint density at radius 1 is 1.23 bits per heavy atom. The smallest absolute Gasteiger partial charge is 0.342 e. The lowest BCUT2D eigenvalue weighted by Crippen LogP contribution is -2.35. The maximum atomic E-state index is 12.0. The molecule has 2 N–H and O–H groups in total. The summed E-state index contributed by atoms with van der Waals surface area (Å²) in [5.74, 6) is -1.21. The van der Waals surface area contributed by atoms with E-state index in [0.29, 0.717) is 5.39 Å². The van der Waals surface area contributed by atoms with E-state index in [9.17, 15) is 14.7 Å². The van der Waals surface area contributed by atoms with Crippen LogP contribution in [0.25, 0.3) is 10.8 Å². The van der Waals surface area contributed by atoms with Gasteiger partial charge in [0.25, 0.3) is 5.91 Å². The molecule has 0 saturated heterocycles. The number of hydrogen-bond acceptors (Lipinski definition) is 4. The molecule has 0 aliphatic rings. The van der Waals surface area contributed by atoms with Crippen LogP contribution in [0.3, 0.4) is 0 Å². The lowest BCUT2D eigenvalue weighted by molar-refractivity contribution is -0.124. The van der Waals surface area contributed by atoms with Crippen molar-refractivity contribution in [1.29, 1.82) is 0 Å². The predicted molar refractivity (Wildman–Crippen MR) is 83.8 cm³/mol. The van der Waals surface area contributed by atoms with Crippen LogP contribution in [0.15, 0.2) is 36.4 Å². The number of hydrogen-bond donors (Lipinski definition) is 2. The number of fused-ring (bicyclic) bond motifs is 1. The largest absolute Gasteiger partial charge is 0.506 e. The molecule has 0 radical (unpaired) electrons. The number of phenols is 1. The number of phenolic OH excluding ortho intramolecular Hbond substituents is 1. The molecule has 0 unspecified atom stereocenters. The monoisotopic (exact) mass is 301 g/mol. The highest BCUT2D eigenvalue weighted by Crippen LogP contribution is 2.28. The molecule has 5 heteroatoms. The predicted octanol–water partition coefficient (Wildman–Crippen LogP) is 2.62. The lowest BCUT2D eigenvalue weighted by Gasteiger charge is -2.12. The number of nitrogens with one attached hydrogen (secondary N) is 1. The average molecular weight is 301 g/mol. The topological polar surface area (TPSA) is 75.6 Å². The molecule has 0 heterocycles. The van der Waals surface area contributed by atoms with Crippen LogP contribution in [0.5, 0.6) is 5.75 Å². The molecule has 2 aromatic rings. The quantitative estimate of drug-likeness (QED) is 0.832. The molecule has 1 atom stereocenters. The highest BCUT2D eigenvalue weighted by Gasteiger charge is 2.16. The molecule has 22 heavy (non-hydrogen) atoms. The van der Waals surface area contributed by atoms with E-state index < -0.39 is 5.97 Å². The number of amides is 1. The molecule has 0 spiro atoms. The number of rotatable bonds is 5. The van der Waals surface area contributed by atoms with Crippen molar-refractivity contribution in [3.8, 4) is 5.75 Å². The third-order valence-electron chi connectivity index (χ3n) is 3.47. The van der Waals surface area contributed by atoms with Crippen LogP contribution < -0.4 is 5.32 Å². The molecule has 0 saturated carbocycles. The van der Waals surface area contributed by atoms with Gasteiger partial charge in [0.2, 0.25) is 0 Å². The fourth-order valence-corrected chi connectivity index (χ4v) is 2.05. The van der Waals surface area contributed by atoms with E-state index in [4.69, 9.17) is 4.74 Å². The first-order valence-electron chi connectivity index (χ1n) is 7.20. The fraction of sp³-hybridized carbons (Fsp3) is 0.294. The molecular weight excluding hydrogens is 282 g/mol. The Morgan fingerprint density at radius 3 is 2.68 bits per heavy atom. The van der Waals surface area contributed by atoms with Gasteiger partial charge in [0, 0.05) is 11.4 Å². The SMILES string of the molecule is CC[C@@H](C)NC(=O)COC(=O)c1ccc2ccccc2c1O. The summed E-state index contributed by atoms with van der Waals surface area (Å²) in [5, 5.41) is 14.3. The zero-order valence-corrected chi connectivity index (χ0v) is 12.6. The van der Waals surface area contributed by atoms with Gasteiger partial charge in [0.1, 0.15) is 11.3 Å². The summed E-state index contributed by atoms with van der Waals surface area (Å²) in [5.41, 5.74) is 0.0510. The minimum absolute atomic E-state index is 0.0280. The molecule has 0 fully saturated rings. The maximum Gasteiger partial charge on any atom is 0.342 e. The van der Waals surface area contributed by atoms with Gasteiger partial charge in [-0.1, -0.05) is 37.3 Å². The number of carbonyl (C=O) groups excluding carboxylic acids is 2. The molecule has 116 valence electrons. The van der Waals surface area contributed by atoms with E-state index in [2.05, 4.69) is 5.32 Å². The third-order valence-corrected chi connectivity index (χ3v) is 3.47. The minimum atomic E-state index is -0.720. The van der Waals surface area contributed by atoms with Gasteiger partial charge in [0.15, 0.2) is 6.61 Å². The van der Waals surface area contributed by atoms with Crippen molar-refractivity contribution < 1.29 is 19.4 Å². The van der Waals surface area contributed by atoms with Crippen LogP contribution in [0, 0.1) is 0 Å². The summed E-state index contributed by atoms with van der Waals surface area (Å²) in [7, 11) is 0. The Labute approximate surface area is 128 Å². The summed E-state index contributed by atoms with van der Waals surface area (Å²) in [4.78, 5) is 23.6. The van der Waals surface area contributed by atoms with E-state index in [1.54, 1.807) is 18.2 Å². The molecule has 0 aliphatic heterocycles. The second kappa shape index (κ2) is 6.93. The highest BCUT2D eigenvalue weighted by molar-refractivity contribution is 6.01. The van der Waals surface area contributed by atoms with Crippen LogP contribution in [0.1, 0.15) is 30.6 Å². The molecule has 0 aliphatic carbocycles. The molecule has 0 bridgehead atoms. The van der Waals surface area contributed by atoms with Crippen molar-refractivity contribution >= 4 is 22.6 Å². The van der Waals surface area contributed by atoms with Crippen molar-refractivity contribution in [1.82, 2.24) is 5.32 Å². The Hall–Kier alpha value is -2.56. The molecule has 1 amide bonds. The van der Waals surface area contributed by atoms with Crippen molar-refractivity contribution in [2.45, 2.75) is 26.3 Å². The number of carbonyl (C=O) groups is 2. The normalized spacial score (nSPS) is 11.9. The lowest BCUT2D eigenvalue weighted by atomic mass is 10.1. The zero-order chi connectivity index (χ0) is 16.1. The Bertz CT molecular complexity index is 696. The number of aromatic hydroxyl groups is 1. The zero-order valence-electron chi connectivity index (χ0n) is 12.6. The average Bonchev–Trinajstić information content (AvgIpc) is 2.53. The summed E-state index contributed by atoms with van der Waals surface area (Å²) in [6, 6.07) is 10.4. The van der Waals surface area contributed by atoms with Gasteiger partial charge in [0.05, 0.1) is 0 Å². The van der Waals surface area contributed by atoms with Crippen molar-refractivity contribution in [3.63, 3.8) is 0 Å². The van der Waals surface area contributed by atoms with E-state index in [1.165, 1.54) is 6.07 Å². The molecule has 5 nitrogen and oxygen atoms in total. The first-order valence-corrected chi connectivity index (χ1v) is 7.20. The van der Waals surface area contributed by atoms with Crippen LogP contribution in [0.2, 0.25) is 0 Å². The van der Waals surface area contributed by atoms with Crippen molar-refractivity contribution in [2.75, 3.05) is 6.61 Å². The van der Waals surface area contributed by atoms with Gasteiger partial charge in [-0.05, 0) is 24.8 Å². The molecular formula is C17H19NO4. The third kappa shape index (κ3) is 3.55. The minimum Gasteiger partial charge on any atom is -0.506 e. The summed E-state index contributed by atoms with van der Waals surface area (Å²) < 4.78 is 4.95. The molecule has 2 aromatic carbocycles. The van der Waals surface area contributed by atoms with Gasteiger partial charge >= 0.3 is 5.97 Å². The Balaban J connectivity index is 2.07. The number of benzene rings is 2. The van der Waals surface area contributed by atoms with Gasteiger partial charge in [-0.25, -0.2) is 4.79 Å². The Morgan fingerprint density at radius 2 is 1.95 bits per heavy atom. The van der Waals surface area contributed by atoms with Gasteiger partial charge < -0.3 is 15.2 Å². The van der Waals surface area contributed by atoms with Crippen LogP contribution in [-0.4, -0.2) is 29.6 Å². The highest BCUT2D eigenvalue weighted by atomic mass is 16.5. The standard InChI is InChI=1S/C17H19NO4/c1-3-11(2)18-15(19)10-22-17(21)14-9-8-12-6-4-5-7-13(12)16(14)20/h4-9,11,20H,3,10H2,1-2H3,(H,18,19)/t11-/m1/s1. The van der Waals surface area contributed by atoms with Crippen LogP contribution in [0.4, 0.5) is 0 Å². The van der Waals surface area contributed by atoms with Crippen LogP contribution >= 0.6 is 0 Å². The first-order chi connectivity index (χ1) is 10.5. The first kappa shape index (κ1) is 15.8. The van der Waals surface area contributed by atoms with Crippen LogP contribution in [-0.2, 0) is 9.53 Å². The van der Waals surface area contributed by atoms with E-state index in [0.717, 1.165) is 11.8 Å².